The monoisotopic (exact) mass is 287 g/mol. The smallest absolute Gasteiger partial charge is 0.131 e. The molecule has 0 radical (unpaired) electrons. The van der Waals surface area contributed by atoms with Crippen LogP contribution in [0.1, 0.15) is 0 Å². The van der Waals surface area contributed by atoms with Crippen molar-refractivity contribution in [3.8, 4) is 0 Å². The number of rotatable bonds is 12. The summed E-state index contributed by atoms with van der Waals surface area (Å²) < 4.78 is 11.1. The topological polar surface area (TPSA) is 57.2 Å². The van der Waals surface area contributed by atoms with Gasteiger partial charge in [-0.2, -0.15) is 0 Å². The minimum atomic E-state index is 0. The van der Waals surface area contributed by atoms with Gasteiger partial charge in [-0.3, -0.25) is 0 Å². The molecule has 0 saturated heterocycles. The number of aliphatic hydroxyl groups excluding tert-OH is 1. The van der Waals surface area contributed by atoms with Crippen LogP contribution in [0.25, 0.3) is 0 Å². The van der Waals surface area contributed by atoms with Crippen molar-refractivity contribution in [3.05, 3.63) is 0 Å². The number of likely N-dealkylation sites (N-methyl/N-ethyl adjacent to an activating group) is 1. The molecule has 0 fully saturated rings. The Kier molecular flexibility index (Phi) is 15.3. The number of hydrogen-bond donors (Lipinski definition) is 1. The number of nitrogens with zero attached hydrogens (tertiary/aromatic N) is 1. The first kappa shape index (κ1) is 20.4. The molecular formula is C11H26ClNO5. The summed E-state index contributed by atoms with van der Waals surface area (Å²) in [6.45, 7) is 3.76. The van der Waals surface area contributed by atoms with Crippen molar-refractivity contribution in [1.29, 1.82) is 0 Å². The highest BCUT2D eigenvalue weighted by Crippen LogP contribution is 1.90. The van der Waals surface area contributed by atoms with Gasteiger partial charge < -0.3 is 31.5 Å². The fourth-order valence-electron chi connectivity index (χ4n) is 0.908. The molecule has 0 spiro atoms. The molecule has 0 aliphatic rings. The predicted octanol–water partition coefficient (Wildman–Crippen LogP) is -3.33. The van der Waals surface area contributed by atoms with Gasteiger partial charge in [0.1, 0.15) is 19.8 Å². The Morgan fingerprint density at radius 2 is 1.28 bits per heavy atom. The number of quaternary nitrogens is 1. The average Bonchev–Trinajstić information content (AvgIpc) is 2.24. The molecule has 7 heteroatoms. The molecule has 1 N–H and O–H groups in total. The molecule has 0 bridgehead atoms. The molecule has 0 aromatic heterocycles. The lowest BCUT2D eigenvalue weighted by atomic mass is 10.5. The van der Waals surface area contributed by atoms with E-state index in [9.17, 15) is 0 Å². The minimum Gasteiger partial charge on any atom is -1.00 e. The first-order valence-corrected chi connectivity index (χ1v) is 5.87. The summed E-state index contributed by atoms with van der Waals surface area (Å²) in [5.74, 6) is 0. The normalized spacial score (nSPS) is 11.3. The minimum absolute atomic E-state index is 0. The molecule has 0 aliphatic carbocycles. The lowest BCUT2D eigenvalue weighted by Gasteiger charge is -2.22. The van der Waals surface area contributed by atoms with E-state index in [0.29, 0.717) is 39.6 Å². The van der Waals surface area contributed by atoms with Crippen LogP contribution in [0.4, 0.5) is 0 Å². The van der Waals surface area contributed by atoms with Gasteiger partial charge in [-0.1, -0.05) is 0 Å². The Balaban J connectivity index is 0. The van der Waals surface area contributed by atoms with Crippen molar-refractivity contribution < 1.29 is 41.2 Å². The molecule has 0 saturated carbocycles. The number of aliphatic hydroxyl groups is 1. The van der Waals surface area contributed by atoms with E-state index in [1.165, 1.54) is 0 Å². The Bertz CT molecular complexity index is 166. The largest absolute Gasteiger partial charge is 1.00 e. The number of hydrogen-bond acceptors (Lipinski definition) is 5. The standard InChI is InChI=1S/C11H26NO5.ClH/c1-12(2,3)4-6-16-17-11-10-15-9-8-14-7-5-13;/h13H,4-11H2,1-3H3;1H/q+1;/p-1. The number of halogens is 1. The fraction of sp³-hybridized carbons (Fsp3) is 1.00. The van der Waals surface area contributed by atoms with Gasteiger partial charge in [-0.25, -0.2) is 9.78 Å². The first-order chi connectivity index (χ1) is 8.06. The Hall–Kier alpha value is 0.0500. The zero-order valence-corrected chi connectivity index (χ0v) is 12.3. The highest BCUT2D eigenvalue weighted by Gasteiger charge is 2.05. The van der Waals surface area contributed by atoms with Crippen LogP contribution in [-0.4, -0.2) is 83.5 Å². The Morgan fingerprint density at radius 3 is 1.83 bits per heavy atom. The summed E-state index contributed by atoms with van der Waals surface area (Å²) >= 11 is 0. The highest BCUT2D eigenvalue weighted by molar-refractivity contribution is 4.31. The van der Waals surface area contributed by atoms with E-state index in [1.54, 1.807) is 0 Å². The molecule has 0 amide bonds. The van der Waals surface area contributed by atoms with Gasteiger partial charge in [-0.05, 0) is 0 Å². The summed E-state index contributed by atoms with van der Waals surface area (Å²) in [6, 6.07) is 0. The molecule has 6 nitrogen and oxygen atoms in total. The van der Waals surface area contributed by atoms with E-state index >= 15 is 0 Å². The maximum absolute atomic E-state index is 8.44. The lowest BCUT2D eigenvalue weighted by molar-refractivity contribution is -0.871. The quantitative estimate of drug-likeness (QED) is 0.176. The highest BCUT2D eigenvalue weighted by atomic mass is 35.5. The maximum Gasteiger partial charge on any atom is 0.131 e. The molecule has 0 rings (SSSR count). The van der Waals surface area contributed by atoms with E-state index in [2.05, 4.69) is 21.1 Å². The van der Waals surface area contributed by atoms with Crippen LogP contribution in [0.3, 0.4) is 0 Å². The third-order valence-corrected chi connectivity index (χ3v) is 1.85. The fourth-order valence-corrected chi connectivity index (χ4v) is 0.908. The van der Waals surface area contributed by atoms with E-state index in [-0.39, 0.29) is 19.0 Å². The SMILES string of the molecule is C[N+](C)(C)CCOOCCOCCOCCO.[Cl-]. The second-order valence-electron chi connectivity index (χ2n) is 4.61. The Morgan fingerprint density at radius 1 is 0.778 bits per heavy atom. The van der Waals surface area contributed by atoms with Gasteiger partial charge in [0.2, 0.25) is 0 Å². The molecule has 0 atom stereocenters. The van der Waals surface area contributed by atoms with E-state index in [1.807, 2.05) is 0 Å². The van der Waals surface area contributed by atoms with Crippen LogP contribution in [0.15, 0.2) is 0 Å². The Labute approximate surface area is 116 Å². The molecule has 0 aliphatic heterocycles. The van der Waals surface area contributed by atoms with E-state index < -0.39 is 0 Å². The molecule has 0 unspecified atom stereocenters. The van der Waals surface area contributed by atoms with Crippen molar-refractivity contribution in [2.24, 2.45) is 0 Å². The predicted molar refractivity (Wildman–Crippen MR) is 63.5 cm³/mol. The molecule has 112 valence electrons. The van der Waals surface area contributed by atoms with E-state index in [4.69, 9.17) is 24.4 Å². The molecule has 0 aromatic carbocycles. The summed E-state index contributed by atoms with van der Waals surface area (Å²) in [5.41, 5.74) is 0. The van der Waals surface area contributed by atoms with Crippen molar-refractivity contribution in [1.82, 2.24) is 0 Å². The summed E-state index contributed by atoms with van der Waals surface area (Å²) in [4.78, 5) is 9.94. The summed E-state index contributed by atoms with van der Waals surface area (Å²) in [5, 5.41) is 8.44. The van der Waals surface area contributed by atoms with Crippen LogP contribution in [0, 0.1) is 0 Å². The van der Waals surface area contributed by atoms with Crippen LogP contribution in [0.2, 0.25) is 0 Å². The van der Waals surface area contributed by atoms with Gasteiger partial charge in [0.25, 0.3) is 0 Å². The van der Waals surface area contributed by atoms with Gasteiger partial charge in [0.05, 0.1) is 54.2 Å². The van der Waals surface area contributed by atoms with Gasteiger partial charge >= 0.3 is 0 Å². The average molecular weight is 288 g/mol. The zero-order chi connectivity index (χ0) is 13.0. The second kappa shape index (κ2) is 13.5. The summed E-state index contributed by atoms with van der Waals surface area (Å²) in [7, 11) is 6.29. The first-order valence-electron chi connectivity index (χ1n) is 5.87. The van der Waals surface area contributed by atoms with Crippen molar-refractivity contribution >= 4 is 0 Å². The second-order valence-corrected chi connectivity index (χ2v) is 4.61. The molecule has 0 heterocycles. The van der Waals surface area contributed by atoms with Crippen molar-refractivity contribution in [2.45, 2.75) is 0 Å². The van der Waals surface area contributed by atoms with Crippen molar-refractivity contribution in [2.75, 3.05) is 73.9 Å². The summed E-state index contributed by atoms with van der Waals surface area (Å²) in [6.07, 6.45) is 0. The van der Waals surface area contributed by atoms with Crippen molar-refractivity contribution in [3.63, 3.8) is 0 Å². The van der Waals surface area contributed by atoms with Gasteiger partial charge in [-0.15, -0.1) is 0 Å². The third kappa shape index (κ3) is 18.4. The van der Waals surface area contributed by atoms with Gasteiger partial charge in [0, 0.05) is 0 Å². The lowest BCUT2D eigenvalue weighted by Crippen LogP contribution is -3.00. The molecular weight excluding hydrogens is 262 g/mol. The zero-order valence-electron chi connectivity index (χ0n) is 11.6. The van der Waals surface area contributed by atoms with Crippen LogP contribution in [0.5, 0.6) is 0 Å². The number of ether oxygens (including phenoxy) is 2. The van der Waals surface area contributed by atoms with Crippen LogP contribution >= 0.6 is 0 Å². The van der Waals surface area contributed by atoms with E-state index in [0.717, 1.165) is 11.0 Å². The maximum atomic E-state index is 8.44. The molecule has 0 aromatic rings. The van der Waals surface area contributed by atoms with Crippen LogP contribution < -0.4 is 12.4 Å². The third-order valence-electron chi connectivity index (χ3n) is 1.85. The van der Waals surface area contributed by atoms with Crippen LogP contribution in [-0.2, 0) is 19.2 Å². The molecule has 18 heavy (non-hydrogen) atoms. The van der Waals surface area contributed by atoms with Gasteiger partial charge in [0.15, 0.2) is 0 Å².